The third-order valence-corrected chi connectivity index (χ3v) is 4.59. The molecular formula is C15H18N2O4S. The summed E-state index contributed by atoms with van der Waals surface area (Å²) in [6, 6.07) is 9.50. The molecule has 0 atom stereocenters. The molecule has 1 amide bonds. The van der Waals surface area contributed by atoms with E-state index in [2.05, 4.69) is 4.72 Å². The van der Waals surface area contributed by atoms with E-state index in [4.69, 9.17) is 4.42 Å². The predicted octanol–water partition coefficient (Wildman–Crippen LogP) is 1.85. The van der Waals surface area contributed by atoms with Crippen molar-refractivity contribution >= 4 is 15.9 Å². The Labute approximate surface area is 129 Å². The Hall–Kier alpha value is -2.12. The van der Waals surface area contributed by atoms with Crippen LogP contribution in [0.25, 0.3) is 0 Å². The van der Waals surface area contributed by atoms with Crippen LogP contribution in [0.2, 0.25) is 0 Å². The third-order valence-electron chi connectivity index (χ3n) is 3.05. The van der Waals surface area contributed by atoms with Gasteiger partial charge in [0, 0.05) is 19.2 Å². The molecule has 0 saturated carbocycles. The van der Waals surface area contributed by atoms with Crippen molar-refractivity contribution in [3.05, 3.63) is 54.0 Å². The van der Waals surface area contributed by atoms with Gasteiger partial charge in [-0.1, -0.05) is 13.0 Å². The number of furan rings is 1. The number of sulfonamides is 1. The maximum Gasteiger partial charge on any atom is 0.254 e. The van der Waals surface area contributed by atoms with Crippen molar-refractivity contribution in [2.75, 3.05) is 13.6 Å². The summed E-state index contributed by atoms with van der Waals surface area (Å²) in [5.74, 6) is 0.386. The molecule has 1 aromatic heterocycles. The molecular weight excluding hydrogens is 304 g/mol. The first-order chi connectivity index (χ1) is 10.4. The highest BCUT2D eigenvalue weighted by molar-refractivity contribution is 7.89. The summed E-state index contributed by atoms with van der Waals surface area (Å²) < 4.78 is 31.6. The lowest BCUT2D eigenvalue weighted by atomic mass is 10.2. The molecule has 1 aromatic carbocycles. The van der Waals surface area contributed by atoms with Crippen molar-refractivity contribution in [3.8, 4) is 0 Å². The topological polar surface area (TPSA) is 79.6 Å². The molecule has 0 unspecified atom stereocenters. The lowest BCUT2D eigenvalue weighted by Gasteiger charge is -2.16. The van der Waals surface area contributed by atoms with Gasteiger partial charge >= 0.3 is 0 Å². The van der Waals surface area contributed by atoms with Gasteiger partial charge in [0.05, 0.1) is 17.7 Å². The van der Waals surface area contributed by atoms with E-state index in [0.29, 0.717) is 24.4 Å². The molecule has 0 bridgehead atoms. The Kier molecular flexibility index (Phi) is 4.99. The van der Waals surface area contributed by atoms with Gasteiger partial charge in [0.2, 0.25) is 10.0 Å². The van der Waals surface area contributed by atoms with Crippen LogP contribution in [0, 0.1) is 0 Å². The van der Waals surface area contributed by atoms with Crippen LogP contribution in [-0.4, -0.2) is 32.8 Å². The zero-order valence-electron chi connectivity index (χ0n) is 12.4. The fraction of sp³-hybridized carbons (Fsp3) is 0.267. The van der Waals surface area contributed by atoms with Crippen molar-refractivity contribution in [2.24, 2.45) is 0 Å². The number of carbonyl (C=O) groups excluding carboxylic acids is 1. The normalized spacial score (nSPS) is 11.4. The summed E-state index contributed by atoms with van der Waals surface area (Å²) in [5.41, 5.74) is 0.313. The van der Waals surface area contributed by atoms with Crippen LogP contribution in [-0.2, 0) is 16.6 Å². The molecule has 1 N–H and O–H groups in total. The highest BCUT2D eigenvalue weighted by atomic mass is 32.2. The number of hydrogen-bond donors (Lipinski definition) is 1. The molecule has 0 spiro atoms. The minimum atomic E-state index is -3.58. The van der Waals surface area contributed by atoms with Crippen molar-refractivity contribution in [1.82, 2.24) is 9.62 Å². The molecule has 6 nitrogen and oxygen atoms in total. The quantitative estimate of drug-likeness (QED) is 0.880. The number of rotatable bonds is 6. The Balaban J connectivity index is 2.20. The average Bonchev–Trinajstić information content (AvgIpc) is 2.99. The first kappa shape index (κ1) is 16.3. The van der Waals surface area contributed by atoms with Crippen molar-refractivity contribution in [3.63, 3.8) is 0 Å². The third kappa shape index (κ3) is 3.75. The van der Waals surface area contributed by atoms with Crippen LogP contribution in [0.4, 0.5) is 0 Å². The van der Waals surface area contributed by atoms with Gasteiger partial charge in [-0.05, 0) is 30.3 Å². The molecule has 1 heterocycles. The number of hydrogen-bond acceptors (Lipinski definition) is 4. The van der Waals surface area contributed by atoms with Crippen LogP contribution >= 0.6 is 0 Å². The van der Waals surface area contributed by atoms with Gasteiger partial charge in [-0.2, -0.15) is 0 Å². The lowest BCUT2D eigenvalue weighted by molar-refractivity contribution is 0.0775. The van der Waals surface area contributed by atoms with E-state index < -0.39 is 10.0 Å². The van der Waals surface area contributed by atoms with Crippen LogP contribution in [0.1, 0.15) is 23.0 Å². The maximum atomic E-state index is 12.4. The fourth-order valence-electron chi connectivity index (χ4n) is 2.00. The van der Waals surface area contributed by atoms with Gasteiger partial charge in [0.1, 0.15) is 5.76 Å². The zero-order chi connectivity index (χ0) is 16.2. The van der Waals surface area contributed by atoms with Crippen LogP contribution < -0.4 is 4.72 Å². The Morgan fingerprint density at radius 3 is 2.68 bits per heavy atom. The van der Waals surface area contributed by atoms with E-state index in [1.54, 1.807) is 38.2 Å². The predicted molar refractivity (Wildman–Crippen MR) is 81.8 cm³/mol. The summed E-state index contributed by atoms with van der Waals surface area (Å²) in [5, 5.41) is 0. The van der Waals surface area contributed by atoms with E-state index >= 15 is 0 Å². The molecule has 22 heavy (non-hydrogen) atoms. The highest BCUT2D eigenvalue weighted by Gasteiger charge is 2.17. The smallest absolute Gasteiger partial charge is 0.254 e. The second-order valence-electron chi connectivity index (χ2n) is 4.77. The van der Waals surface area contributed by atoms with Gasteiger partial charge < -0.3 is 9.32 Å². The van der Waals surface area contributed by atoms with E-state index in [-0.39, 0.29) is 10.8 Å². The van der Waals surface area contributed by atoms with Gasteiger partial charge in [0.15, 0.2) is 0 Å². The summed E-state index contributed by atoms with van der Waals surface area (Å²) in [6.07, 6.45) is 1.54. The SMILES string of the molecule is CCNS(=O)(=O)c1cccc(C(=O)N(C)Cc2ccco2)c1. The summed E-state index contributed by atoms with van der Waals surface area (Å²) in [4.78, 5) is 13.9. The second-order valence-corrected chi connectivity index (χ2v) is 6.54. The second kappa shape index (κ2) is 6.76. The van der Waals surface area contributed by atoms with E-state index in [1.165, 1.54) is 23.3 Å². The fourth-order valence-corrected chi connectivity index (χ4v) is 3.08. The number of amides is 1. The minimum absolute atomic E-state index is 0.0756. The number of nitrogens with zero attached hydrogens (tertiary/aromatic N) is 1. The number of nitrogens with one attached hydrogen (secondary N) is 1. The summed E-state index contributed by atoms with van der Waals surface area (Å²) >= 11 is 0. The van der Waals surface area contributed by atoms with Gasteiger partial charge in [-0.3, -0.25) is 4.79 Å². The maximum absolute atomic E-state index is 12.4. The summed E-state index contributed by atoms with van der Waals surface area (Å²) in [7, 11) is -1.95. The molecule has 2 aromatic rings. The van der Waals surface area contributed by atoms with Gasteiger partial charge in [-0.25, -0.2) is 13.1 Å². The van der Waals surface area contributed by atoms with E-state index in [0.717, 1.165) is 0 Å². The first-order valence-electron chi connectivity index (χ1n) is 6.81. The van der Waals surface area contributed by atoms with Crippen molar-refractivity contribution < 1.29 is 17.6 Å². The molecule has 118 valence electrons. The molecule has 0 aliphatic carbocycles. The van der Waals surface area contributed by atoms with Crippen LogP contribution in [0.5, 0.6) is 0 Å². The van der Waals surface area contributed by atoms with Crippen molar-refractivity contribution in [2.45, 2.75) is 18.4 Å². The standard InChI is InChI=1S/C15H18N2O4S/c1-3-16-22(19,20)14-8-4-6-12(10-14)15(18)17(2)11-13-7-5-9-21-13/h4-10,16H,3,11H2,1-2H3. The van der Waals surface area contributed by atoms with Gasteiger partial charge in [-0.15, -0.1) is 0 Å². The minimum Gasteiger partial charge on any atom is -0.467 e. The monoisotopic (exact) mass is 322 g/mol. The molecule has 0 aliphatic heterocycles. The molecule has 0 radical (unpaired) electrons. The molecule has 0 fully saturated rings. The molecule has 2 rings (SSSR count). The zero-order valence-corrected chi connectivity index (χ0v) is 13.3. The number of carbonyl (C=O) groups is 1. The first-order valence-corrected chi connectivity index (χ1v) is 8.30. The Morgan fingerprint density at radius 1 is 1.27 bits per heavy atom. The highest BCUT2D eigenvalue weighted by Crippen LogP contribution is 2.14. The van der Waals surface area contributed by atoms with Crippen molar-refractivity contribution in [1.29, 1.82) is 0 Å². The van der Waals surface area contributed by atoms with Crippen LogP contribution in [0.15, 0.2) is 52.0 Å². The summed E-state index contributed by atoms with van der Waals surface area (Å²) in [6.45, 7) is 2.30. The molecule has 7 heteroatoms. The van der Waals surface area contributed by atoms with E-state index in [1.807, 2.05) is 0 Å². The lowest BCUT2D eigenvalue weighted by Crippen LogP contribution is -2.27. The van der Waals surface area contributed by atoms with Gasteiger partial charge in [0.25, 0.3) is 5.91 Å². The van der Waals surface area contributed by atoms with E-state index in [9.17, 15) is 13.2 Å². The van der Waals surface area contributed by atoms with Crippen LogP contribution in [0.3, 0.4) is 0 Å². The Morgan fingerprint density at radius 2 is 2.05 bits per heavy atom. The number of benzene rings is 1. The average molecular weight is 322 g/mol. The molecule has 0 saturated heterocycles. The molecule has 0 aliphatic rings. The Bertz CT molecular complexity index is 739. The largest absolute Gasteiger partial charge is 0.467 e.